The minimum absolute atomic E-state index is 0.347. The highest BCUT2D eigenvalue weighted by Crippen LogP contribution is 2.26. The highest BCUT2D eigenvalue weighted by molar-refractivity contribution is 14.1. The van der Waals surface area contributed by atoms with E-state index in [1.807, 2.05) is 24.3 Å². The van der Waals surface area contributed by atoms with E-state index in [2.05, 4.69) is 53.3 Å². The average Bonchev–Trinajstić information content (AvgIpc) is 2.76. The van der Waals surface area contributed by atoms with Crippen molar-refractivity contribution in [1.82, 2.24) is 20.1 Å². The largest absolute Gasteiger partial charge is 0.353 e. The monoisotopic (exact) mass is 550 g/mol. The van der Waals surface area contributed by atoms with Crippen LogP contribution in [0.25, 0.3) is 10.9 Å². The molecule has 0 saturated carbocycles. The van der Waals surface area contributed by atoms with Crippen molar-refractivity contribution in [3.63, 3.8) is 0 Å². The topological polar surface area (TPSA) is 108 Å². The quantitative estimate of drug-likeness (QED) is 0.140. The molecule has 0 atom stereocenters. The van der Waals surface area contributed by atoms with Crippen LogP contribution in [0.15, 0.2) is 60.9 Å². The molecule has 2 aromatic carbocycles. The van der Waals surface area contributed by atoms with E-state index in [0.29, 0.717) is 31.0 Å². The molecule has 3 rings (SSSR count). The van der Waals surface area contributed by atoms with Gasteiger partial charge in [-0.15, -0.1) is 0 Å². The SMILES string of the molecule is O=C(/C=C\C(=O)Nc1ccc2ncnc(Nc3cccc(I)c3)c2c1)NCCCNCl. The highest BCUT2D eigenvalue weighted by Gasteiger charge is 2.07. The van der Waals surface area contributed by atoms with Gasteiger partial charge < -0.3 is 16.0 Å². The van der Waals surface area contributed by atoms with Crippen LogP contribution in [0, 0.1) is 3.57 Å². The maximum atomic E-state index is 12.2. The Bertz CT molecular complexity index is 1110. The second kappa shape index (κ2) is 11.6. The van der Waals surface area contributed by atoms with Crippen molar-refractivity contribution in [2.45, 2.75) is 6.42 Å². The molecule has 0 bridgehead atoms. The van der Waals surface area contributed by atoms with E-state index in [0.717, 1.165) is 20.2 Å². The first kappa shape index (κ1) is 22.9. The molecule has 0 fully saturated rings. The van der Waals surface area contributed by atoms with Crippen molar-refractivity contribution in [2.24, 2.45) is 0 Å². The maximum Gasteiger partial charge on any atom is 0.248 e. The second-order valence-corrected chi connectivity index (χ2v) is 7.95. The van der Waals surface area contributed by atoms with E-state index in [1.165, 1.54) is 18.5 Å². The van der Waals surface area contributed by atoms with Crippen LogP contribution < -0.4 is 20.8 Å². The number of rotatable bonds is 9. The smallest absolute Gasteiger partial charge is 0.248 e. The highest BCUT2D eigenvalue weighted by atomic mass is 127. The molecular weight excluding hydrogens is 531 g/mol. The Morgan fingerprint density at radius 1 is 1.00 bits per heavy atom. The minimum Gasteiger partial charge on any atom is -0.353 e. The van der Waals surface area contributed by atoms with Crippen LogP contribution in [0.5, 0.6) is 0 Å². The molecule has 0 spiro atoms. The van der Waals surface area contributed by atoms with Crippen LogP contribution in [0.4, 0.5) is 17.2 Å². The molecule has 160 valence electrons. The molecule has 0 aliphatic carbocycles. The van der Waals surface area contributed by atoms with Gasteiger partial charge in [-0.3, -0.25) is 9.59 Å². The summed E-state index contributed by atoms with van der Waals surface area (Å²) in [7, 11) is 0. The predicted octanol–water partition coefficient (Wildman–Crippen LogP) is 3.72. The Morgan fingerprint density at radius 3 is 2.65 bits per heavy atom. The molecule has 1 heterocycles. The third-order valence-electron chi connectivity index (χ3n) is 4.12. The molecule has 4 N–H and O–H groups in total. The molecule has 0 saturated heterocycles. The number of benzene rings is 2. The number of halogens is 2. The summed E-state index contributed by atoms with van der Waals surface area (Å²) in [5, 5.41) is 9.46. The molecule has 3 aromatic rings. The van der Waals surface area contributed by atoms with Gasteiger partial charge in [0.2, 0.25) is 11.8 Å². The summed E-state index contributed by atoms with van der Waals surface area (Å²) in [5.74, 6) is -0.133. The Kier molecular flexibility index (Phi) is 8.56. The van der Waals surface area contributed by atoms with Crippen LogP contribution in [-0.4, -0.2) is 34.9 Å². The number of nitrogens with one attached hydrogen (secondary N) is 4. The van der Waals surface area contributed by atoms with Gasteiger partial charge in [0, 0.05) is 45.6 Å². The van der Waals surface area contributed by atoms with Crippen molar-refractivity contribution in [3.05, 3.63) is 64.5 Å². The van der Waals surface area contributed by atoms with Crippen molar-refractivity contribution in [3.8, 4) is 0 Å². The fourth-order valence-electron chi connectivity index (χ4n) is 2.70. The first-order valence-electron chi connectivity index (χ1n) is 9.43. The number of fused-ring (bicyclic) bond motifs is 1. The number of aromatic nitrogens is 2. The van der Waals surface area contributed by atoms with Gasteiger partial charge in [0.05, 0.1) is 5.52 Å². The van der Waals surface area contributed by atoms with Crippen LogP contribution >= 0.6 is 34.4 Å². The first-order chi connectivity index (χ1) is 15.0. The van der Waals surface area contributed by atoms with E-state index < -0.39 is 5.91 Å². The third-order valence-corrected chi connectivity index (χ3v) is 4.98. The molecule has 10 heteroatoms. The van der Waals surface area contributed by atoms with Gasteiger partial charge in [-0.05, 0) is 77.2 Å². The molecule has 31 heavy (non-hydrogen) atoms. The molecule has 0 radical (unpaired) electrons. The molecule has 0 aliphatic heterocycles. The number of amides is 2. The van der Waals surface area contributed by atoms with Gasteiger partial charge in [-0.2, -0.15) is 0 Å². The lowest BCUT2D eigenvalue weighted by atomic mass is 10.2. The first-order valence-corrected chi connectivity index (χ1v) is 10.9. The molecule has 0 aliphatic rings. The van der Waals surface area contributed by atoms with Crippen molar-refractivity contribution in [1.29, 1.82) is 0 Å². The Hall–Kier alpha value is -2.76. The van der Waals surface area contributed by atoms with Crippen molar-refractivity contribution >= 4 is 74.3 Å². The summed E-state index contributed by atoms with van der Waals surface area (Å²) in [6.07, 6.45) is 4.55. The summed E-state index contributed by atoms with van der Waals surface area (Å²) < 4.78 is 1.10. The van der Waals surface area contributed by atoms with Gasteiger partial charge >= 0.3 is 0 Å². The summed E-state index contributed by atoms with van der Waals surface area (Å²) >= 11 is 7.59. The number of hydrogen-bond acceptors (Lipinski definition) is 6. The Morgan fingerprint density at radius 2 is 1.84 bits per heavy atom. The van der Waals surface area contributed by atoms with Gasteiger partial charge in [0.15, 0.2) is 0 Å². The minimum atomic E-state index is -0.416. The van der Waals surface area contributed by atoms with Gasteiger partial charge in [-0.25, -0.2) is 14.8 Å². The van der Waals surface area contributed by atoms with E-state index in [-0.39, 0.29) is 5.91 Å². The third kappa shape index (κ3) is 7.16. The number of hydrogen-bond donors (Lipinski definition) is 4. The number of nitrogens with zero attached hydrogens (tertiary/aromatic N) is 2. The van der Waals surface area contributed by atoms with Gasteiger partial charge in [0.1, 0.15) is 12.1 Å². The number of carbonyl (C=O) groups excluding carboxylic acids is 2. The van der Waals surface area contributed by atoms with E-state index in [1.54, 1.807) is 18.2 Å². The second-order valence-electron chi connectivity index (χ2n) is 6.44. The summed E-state index contributed by atoms with van der Waals surface area (Å²) in [6, 6.07) is 13.2. The van der Waals surface area contributed by atoms with Crippen LogP contribution in [0.2, 0.25) is 0 Å². The molecule has 2 amide bonds. The normalized spacial score (nSPS) is 10.9. The van der Waals surface area contributed by atoms with E-state index in [4.69, 9.17) is 11.8 Å². The molecule has 8 nitrogen and oxygen atoms in total. The van der Waals surface area contributed by atoms with Crippen LogP contribution in [0.1, 0.15) is 6.42 Å². The summed E-state index contributed by atoms with van der Waals surface area (Å²) in [4.78, 5) is 35.0. The van der Waals surface area contributed by atoms with Crippen molar-refractivity contribution < 1.29 is 9.59 Å². The van der Waals surface area contributed by atoms with Crippen LogP contribution in [0.3, 0.4) is 0 Å². The summed E-state index contributed by atoms with van der Waals surface area (Å²) in [5.41, 5.74) is 2.20. The van der Waals surface area contributed by atoms with E-state index >= 15 is 0 Å². The zero-order valence-electron chi connectivity index (χ0n) is 16.4. The molecule has 1 aromatic heterocycles. The maximum absolute atomic E-state index is 12.2. The average molecular weight is 551 g/mol. The zero-order chi connectivity index (χ0) is 22.1. The lowest BCUT2D eigenvalue weighted by molar-refractivity contribution is -0.117. The fourth-order valence-corrected chi connectivity index (χ4v) is 3.37. The lowest BCUT2D eigenvalue weighted by Crippen LogP contribution is -2.24. The number of carbonyl (C=O) groups is 2. The van der Waals surface area contributed by atoms with Gasteiger partial charge in [-0.1, -0.05) is 6.07 Å². The molecular formula is C21H20ClIN6O2. The Balaban J connectivity index is 1.68. The number of anilines is 3. The predicted molar refractivity (Wildman–Crippen MR) is 131 cm³/mol. The van der Waals surface area contributed by atoms with Crippen LogP contribution in [-0.2, 0) is 9.59 Å². The van der Waals surface area contributed by atoms with E-state index in [9.17, 15) is 9.59 Å². The summed E-state index contributed by atoms with van der Waals surface area (Å²) in [6.45, 7) is 1.05. The lowest BCUT2D eigenvalue weighted by Gasteiger charge is -2.10. The zero-order valence-corrected chi connectivity index (χ0v) is 19.3. The molecule has 0 unspecified atom stereocenters. The van der Waals surface area contributed by atoms with Crippen molar-refractivity contribution in [2.75, 3.05) is 23.7 Å². The van der Waals surface area contributed by atoms with Gasteiger partial charge in [0.25, 0.3) is 0 Å². The standard InChI is InChI=1S/C21H20ClIN6O2/c22-27-10-2-9-24-19(30)7-8-20(31)28-16-5-6-18-17(12-16)21(26-13-25-18)29-15-4-1-3-14(23)11-15/h1,3-8,11-13,27H,2,9-10H2,(H,24,30)(H,28,31)(H,25,26,29)/b8-7-. The fraction of sp³-hybridized carbons (Fsp3) is 0.143. The Labute approximate surface area is 198 Å².